The molecule has 0 bridgehead atoms. The number of halogens is 1. The number of hydrogen-bond donors (Lipinski definition) is 1. The average molecular weight is 440 g/mol. The Kier molecular flexibility index (Phi) is 4.91. The van der Waals surface area contributed by atoms with Gasteiger partial charge in [-0.3, -0.25) is 4.79 Å². The van der Waals surface area contributed by atoms with Crippen LogP contribution in [0.3, 0.4) is 0 Å². The molecule has 30 heavy (non-hydrogen) atoms. The van der Waals surface area contributed by atoms with Crippen molar-refractivity contribution in [2.24, 2.45) is 0 Å². The number of esters is 1. The van der Waals surface area contributed by atoms with Crippen LogP contribution in [0, 0.1) is 0 Å². The second-order valence-corrected chi connectivity index (χ2v) is 9.16. The van der Waals surface area contributed by atoms with Gasteiger partial charge >= 0.3 is 5.97 Å². The number of thiazole rings is 1. The van der Waals surface area contributed by atoms with Crippen LogP contribution in [0.4, 0.5) is 5.13 Å². The largest absolute Gasteiger partial charge is 0.468 e. The van der Waals surface area contributed by atoms with Gasteiger partial charge in [0.05, 0.1) is 23.9 Å². The minimum Gasteiger partial charge on any atom is -0.468 e. The van der Waals surface area contributed by atoms with Gasteiger partial charge in [0.15, 0.2) is 5.13 Å². The SMILES string of the molecule is CCCc1ccc2sc(N3Cc4[nH]c5ccc(Cl)cc5c4C(C(=O)OC)C3)nc2c1. The van der Waals surface area contributed by atoms with Gasteiger partial charge in [-0.1, -0.05) is 42.3 Å². The number of nitrogens with one attached hydrogen (secondary N) is 1. The zero-order chi connectivity index (χ0) is 20.8. The van der Waals surface area contributed by atoms with E-state index < -0.39 is 5.92 Å². The van der Waals surface area contributed by atoms with E-state index in [1.165, 1.54) is 12.7 Å². The van der Waals surface area contributed by atoms with Gasteiger partial charge in [-0.05, 0) is 47.9 Å². The first-order valence-corrected chi connectivity index (χ1v) is 11.3. The van der Waals surface area contributed by atoms with Crippen LogP contribution in [0.5, 0.6) is 0 Å². The molecule has 0 saturated carbocycles. The average Bonchev–Trinajstić information content (AvgIpc) is 3.33. The fourth-order valence-electron chi connectivity index (χ4n) is 4.35. The highest BCUT2D eigenvalue weighted by atomic mass is 35.5. The number of methoxy groups -OCH3 is 1. The van der Waals surface area contributed by atoms with Crippen molar-refractivity contribution in [3.63, 3.8) is 0 Å². The first kappa shape index (κ1) is 19.4. The molecule has 4 aromatic rings. The summed E-state index contributed by atoms with van der Waals surface area (Å²) in [6.07, 6.45) is 2.17. The van der Waals surface area contributed by atoms with E-state index in [2.05, 4.69) is 35.0 Å². The molecule has 1 aliphatic heterocycles. The molecule has 1 N–H and O–H groups in total. The molecule has 1 unspecified atom stereocenters. The molecule has 1 aliphatic rings. The number of carbonyl (C=O) groups is 1. The molecule has 0 radical (unpaired) electrons. The molecule has 5 rings (SSSR count). The van der Waals surface area contributed by atoms with Crippen LogP contribution in [-0.4, -0.2) is 29.6 Å². The molecular formula is C23H22ClN3O2S. The number of carbonyl (C=O) groups excluding carboxylic acids is 1. The summed E-state index contributed by atoms with van der Waals surface area (Å²) in [4.78, 5) is 23.3. The number of fused-ring (bicyclic) bond motifs is 4. The molecule has 2 aromatic heterocycles. The third-order valence-corrected chi connectivity index (χ3v) is 7.05. The van der Waals surface area contributed by atoms with Crippen LogP contribution in [0.1, 0.15) is 36.1 Å². The Morgan fingerprint density at radius 2 is 2.20 bits per heavy atom. The van der Waals surface area contributed by atoms with E-state index in [0.29, 0.717) is 18.1 Å². The number of ether oxygens (including phenoxy) is 1. The molecule has 0 fully saturated rings. The maximum Gasteiger partial charge on any atom is 0.315 e. The molecule has 7 heteroatoms. The van der Waals surface area contributed by atoms with E-state index in [4.69, 9.17) is 21.3 Å². The fraction of sp³-hybridized carbons (Fsp3) is 0.304. The smallest absolute Gasteiger partial charge is 0.315 e. The summed E-state index contributed by atoms with van der Waals surface area (Å²) >= 11 is 7.90. The van der Waals surface area contributed by atoms with E-state index in [1.54, 1.807) is 11.3 Å². The summed E-state index contributed by atoms with van der Waals surface area (Å²) in [5.41, 5.74) is 5.31. The van der Waals surface area contributed by atoms with Gasteiger partial charge in [-0.25, -0.2) is 4.98 Å². The zero-order valence-corrected chi connectivity index (χ0v) is 18.4. The van der Waals surface area contributed by atoms with Gasteiger partial charge in [-0.2, -0.15) is 0 Å². The third kappa shape index (κ3) is 3.24. The number of aryl methyl sites for hydroxylation is 1. The maximum absolute atomic E-state index is 12.7. The standard InChI is InChI=1S/C23H22ClN3O2S/c1-3-4-13-5-8-20-18(9-13)26-23(30-20)27-11-16(22(28)29-2)21-15-10-14(24)6-7-17(15)25-19(21)12-27/h5-10,16,25H,3-4,11-12H2,1-2H3. The Balaban J connectivity index is 1.57. The molecule has 3 heterocycles. The Morgan fingerprint density at radius 1 is 1.33 bits per heavy atom. The van der Waals surface area contributed by atoms with Crippen LogP contribution >= 0.6 is 22.9 Å². The van der Waals surface area contributed by atoms with Gasteiger partial charge < -0.3 is 14.6 Å². The van der Waals surface area contributed by atoms with Crippen LogP contribution in [0.2, 0.25) is 5.02 Å². The van der Waals surface area contributed by atoms with Gasteiger partial charge in [-0.15, -0.1) is 0 Å². The molecule has 2 aromatic carbocycles. The number of benzene rings is 2. The first-order valence-electron chi connectivity index (χ1n) is 10.1. The van der Waals surface area contributed by atoms with Crippen molar-refractivity contribution in [1.29, 1.82) is 0 Å². The number of hydrogen-bond acceptors (Lipinski definition) is 5. The van der Waals surface area contributed by atoms with Crippen molar-refractivity contribution in [2.75, 3.05) is 18.6 Å². The van der Waals surface area contributed by atoms with Crippen molar-refractivity contribution in [1.82, 2.24) is 9.97 Å². The maximum atomic E-state index is 12.7. The molecule has 0 spiro atoms. The lowest BCUT2D eigenvalue weighted by Gasteiger charge is -2.31. The summed E-state index contributed by atoms with van der Waals surface area (Å²) in [7, 11) is 1.44. The second-order valence-electron chi connectivity index (χ2n) is 7.71. The molecule has 1 atom stereocenters. The minimum atomic E-state index is -0.395. The Bertz CT molecular complexity index is 1260. The molecular weight excluding hydrogens is 418 g/mol. The predicted octanol–water partition coefficient (Wildman–Crippen LogP) is 5.66. The molecule has 5 nitrogen and oxygen atoms in total. The van der Waals surface area contributed by atoms with Crippen molar-refractivity contribution in [3.8, 4) is 0 Å². The van der Waals surface area contributed by atoms with Gasteiger partial charge in [0, 0.05) is 28.2 Å². The summed E-state index contributed by atoms with van der Waals surface area (Å²) in [5, 5.41) is 2.57. The second kappa shape index (κ2) is 7.60. The summed E-state index contributed by atoms with van der Waals surface area (Å²) in [6.45, 7) is 3.38. The number of H-pyrrole nitrogens is 1. The van der Waals surface area contributed by atoms with Crippen LogP contribution in [-0.2, 0) is 22.5 Å². The van der Waals surface area contributed by atoms with Crippen LogP contribution in [0.15, 0.2) is 36.4 Å². The van der Waals surface area contributed by atoms with Crippen molar-refractivity contribution in [3.05, 3.63) is 58.2 Å². The summed E-state index contributed by atoms with van der Waals surface area (Å²) < 4.78 is 6.31. The Morgan fingerprint density at radius 3 is 3.00 bits per heavy atom. The Labute approximate surface area is 183 Å². The third-order valence-electron chi connectivity index (χ3n) is 5.72. The first-order chi connectivity index (χ1) is 14.6. The monoisotopic (exact) mass is 439 g/mol. The lowest BCUT2D eigenvalue weighted by molar-refractivity contribution is -0.142. The van der Waals surface area contributed by atoms with Crippen molar-refractivity contribution < 1.29 is 9.53 Å². The molecule has 0 saturated heterocycles. The summed E-state index contributed by atoms with van der Waals surface area (Å²) in [6, 6.07) is 12.3. The topological polar surface area (TPSA) is 58.2 Å². The van der Waals surface area contributed by atoms with Gasteiger partial charge in [0.25, 0.3) is 0 Å². The predicted molar refractivity (Wildman–Crippen MR) is 123 cm³/mol. The molecule has 0 aliphatic carbocycles. The quantitative estimate of drug-likeness (QED) is 0.417. The van der Waals surface area contributed by atoms with Gasteiger partial charge in [0.2, 0.25) is 0 Å². The van der Waals surface area contributed by atoms with E-state index >= 15 is 0 Å². The van der Waals surface area contributed by atoms with Crippen LogP contribution < -0.4 is 4.90 Å². The van der Waals surface area contributed by atoms with Crippen LogP contribution in [0.25, 0.3) is 21.1 Å². The van der Waals surface area contributed by atoms with E-state index in [0.717, 1.165) is 50.4 Å². The fourth-order valence-corrected chi connectivity index (χ4v) is 5.48. The number of aromatic nitrogens is 2. The highest BCUT2D eigenvalue weighted by Crippen LogP contribution is 2.40. The van der Waals surface area contributed by atoms with E-state index in [-0.39, 0.29) is 5.97 Å². The van der Waals surface area contributed by atoms with E-state index in [1.807, 2.05) is 18.2 Å². The normalized spacial score (nSPS) is 16.2. The minimum absolute atomic E-state index is 0.242. The Hall–Kier alpha value is -2.57. The number of rotatable bonds is 4. The number of anilines is 1. The lowest BCUT2D eigenvalue weighted by atomic mass is 9.92. The van der Waals surface area contributed by atoms with E-state index in [9.17, 15) is 4.79 Å². The van der Waals surface area contributed by atoms with Crippen molar-refractivity contribution in [2.45, 2.75) is 32.2 Å². The zero-order valence-electron chi connectivity index (χ0n) is 16.9. The number of aromatic amines is 1. The van der Waals surface area contributed by atoms with Gasteiger partial charge in [0.1, 0.15) is 5.92 Å². The highest BCUT2D eigenvalue weighted by Gasteiger charge is 2.35. The lowest BCUT2D eigenvalue weighted by Crippen LogP contribution is -2.37. The van der Waals surface area contributed by atoms with Crippen molar-refractivity contribution >= 4 is 55.2 Å². The highest BCUT2D eigenvalue weighted by molar-refractivity contribution is 7.22. The molecule has 154 valence electrons. The number of nitrogens with zero attached hydrogens (tertiary/aromatic N) is 2. The molecule has 0 amide bonds. The summed E-state index contributed by atoms with van der Waals surface area (Å²) in [5.74, 6) is -0.637.